The summed E-state index contributed by atoms with van der Waals surface area (Å²) in [6.07, 6.45) is 0. The quantitative estimate of drug-likeness (QED) is 0.235. The summed E-state index contributed by atoms with van der Waals surface area (Å²) in [5, 5.41) is 3.77. The van der Waals surface area contributed by atoms with Gasteiger partial charge in [-0.3, -0.25) is 0 Å². The first-order valence-electron chi connectivity index (χ1n) is 12.8. The van der Waals surface area contributed by atoms with E-state index < -0.39 is 0 Å². The molecule has 5 aromatic carbocycles. The molecule has 0 fully saturated rings. The van der Waals surface area contributed by atoms with Crippen molar-refractivity contribution in [3.05, 3.63) is 133 Å². The summed E-state index contributed by atoms with van der Waals surface area (Å²) in [6.45, 7) is 0. The van der Waals surface area contributed by atoms with E-state index in [1.807, 2.05) is 17.4 Å². The van der Waals surface area contributed by atoms with Crippen LogP contribution in [0.2, 0.25) is 0 Å². The van der Waals surface area contributed by atoms with Crippen molar-refractivity contribution in [3.63, 3.8) is 0 Å². The highest BCUT2D eigenvalue weighted by Crippen LogP contribution is 2.43. The van der Waals surface area contributed by atoms with E-state index in [4.69, 9.17) is 4.98 Å². The Labute approximate surface area is 224 Å². The Morgan fingerprint density at radius 3 is 2.11 bits per heavy atom. The minimum atomic E-state index is 0.991. The van der Waals surface area contributed by atoms with Gasteiger partial charge in [0.2, 0.25) is 0 Å². The van der Waals surface area contributed by atoms with Crippen molar-refractivity contribution in [1.82, 2.24) is 9.55 Å². The fourth-order valence-corrected chi connectivity index (χ4v) is 6.77. The summed E-state index contributed by atoms with van der Waals surface area (Å²) >= 11 is 1.86. The molecule has 0 spiro atoms. The number of hydrogen-bond donors (Lipinski definition) is 0. The van der Waals surface area contributed by atoms with Gasteiger partial charge in [0.25, 0.3) is 0 Å². The maximum absolute atomic E-state index is 5.25. The van der Waals surface area contributed by atoms with Gasteiger partial charge in [-0.2, -0.15) is 0 Å². The first-order chi connectivity index (χ1) is 18.8. The second-order valence-corrected chi connectivity index (χ2v) is 10.7. The summed E-state index contributed by atoms with van der Waals surface area (Å²) in [6, 6.07) is 47.5. The molecule has 0 unspecified atom stereocenters. The molecule has 0 aliphatic heterocycles. The lowest BCUT2D eigenvalue weighted by Gasteiger charge is -2.11. The van der Waals surface area contributed by atoms with Crippen LogP contribution >= 0.6 is 11.3 Å². The van der Waals surface area contributed by atoms with Crippen LogP contribution in [0.25, 0.3) is 70.2 Å². The van der Waals surface area contributed by atoms with Gasteiger partial charge >= 0.3 is 0 Å². The molecule has 3 heterocycles. The SMILES string of the molecule is c1ccc(-c2cccc(-n3c4ccc(-c5ccccc5)nc4c4ccc5sc6ccccc6c5c43)c2)cc1. The van der Waals surface area contributed by atoms with Crippen LogP contribution < -0.4 is 0 Å². The first-order valence-corrected chi connectivity index (χ1v) is 13.6. The predicted molar refractivity (Wildman–Crippen MR) is 162 cm³/mol. The molecule has 0 N–H and O–H groups in total. The summed E-state index contributed by atoms with van der Waals surface area (Å²) in [4.78, 5) is 5.25. The second-order valence-electron chi connectivity index (χ2n) is 9.62. The number of pyridine rings is 1. The minimum absolute atomic E-state index is 0.991. The van der Waals surface area contributed by atoms with E-state index in [0.717, 1.165) is 28.0 Å². The third-order valence-corrected chi connectivity index (χ3v) is 8.53. The van der Waals surface area contributed by atoms with Gasteiger partial charge in [-0.25, -0.2) is 4.98 Å². The molecule has 0 radical (unpaired) electrons. The Hall–Kier alpha value is -4.73. The second kappa shape index (κ2) is 8.41. The highest BCUT2D eigenvalue weighted by Gasteiger charge is 2.19. The lowest BCUT2D eigenvalue weighted by atomic mass is 10.0. The van der Waals surface area contributed by atoms with Crippen LogP contribution in [0, 0.1) is 0 Å². The van der Waals surface area contributed by atoms with Crippen LogP contribution in [-0.4, -0.2) is 9.55 Å². The number of thiophene rings is 1. The lowest BCUT2D eigenvalue weighted by molar-refractivity contribution is 1.18. The summed E-state index contributed by atoms with van der Waals surface area (Å²) in [5.74, 6) is 0. The Bertz CT molecular complexity index is 2120. The molecule has 3 heteroatoms. The number of aromatic nitrogens is 2. The van der Waals surface area contributed by atoms with Crippen molar-refractivity contribution >= 4 is 53.4 Å². The standard InChI is InChI=1S/C35H22N2S/c1-3-10-23(11-4-1)25-14-9-15-26(22-25)37-30-20-19-29(24-12-5-2-6-13-24)36-34(30)28-18-21-32-33(35(28)37)27-16-7-8-17-31(27)38-32/h1-22H. The van der Waals surface area contributed by atoms with E-state index in [0.29, 0.717) is 0 Å². The monoisotopic (exact) mass is 502 g/mol. The number of benzene rings is 5. The van der Waals surface area contributed by atoms with E-state index in [2.05, 4.69) is 132 Å². The van der Waals surface area contributed by atoms with Crippen LogP contribution in [0.3, 0.4) is 0 Å². The van der Waals surface area contributed by atoms with Gasteiger partial charge in [0.1, 0.15) is 0 Å². The largest absolute Gasteiger partial charge is 0.307 e. The van der Waals surface area contributed by atoms with Crippen molar-refractivity contribution in [1.29, 1.82) is 0 Å². The zero-order chi connectivity index (χ0) is 25.1. The average Bonchev–Trinajstić information content (AvgIpc) is 3.53. The van der Waals surface area contributed by atoms with Gasteiger partial charge in [0.15, 0.2) is 0 Å². The zero-order valence-electron chi connectivity index (χ0n) is 20.5. The molecule has 0 saturated heterocycles. The fraction of sp³-hybridized carbons (Fsp3) is 0. The normalized spacial score (nSPS) is 11.7. The number of nitrogens with zero attached hydrogens (tertiary/aromatic N) is 2. The average molecular weight is 503 g/mol. The van der Waals surface area contributed by atoms with Gasteiger partial charge in [-0.1, -0.05) is 91.0 Å². The molecule has 0 aliphatic carbocycles. The van der Waals surface area contributed by atoms with Gasteiger partial charge in [-0.05, 0) is 53.6 Å². The van der Waals surface area contributed by atoms with Gasteiger partial charge in [-0.15, -0.1) is 11.3 Å². The van der Waals surface area contributed by atoms with E-state index in [-0.39, 0.29) is 0 Å². The Morgan fingerprint density at radius 1 is 0.526 bits per heavy atom. The molecule has 178 valence electrons. The molecular weight excluding hydrogens is 480 g/mol. The highest BCUT2D eigenvalue weighted by molar-refractivity contribution is 7.26. The molecule has 3 aromatic heterocycles. The topological polar surface area (TPSA) is 17.8 Å². The van der Waals surface area contributed by atoms with E-state index in [1.165, 1.54) is 42.2 Å². The van der Waals surface area contributed by atoms with Gasteiger partial charge in [0.05, 0.1) is 22.2 Å². The molecule has 0 atom stereocenters. The number of hydrogen-bond acceptors (Lipinski definition) is 2. The van der Waals surface area contributed by atoms with Crippen molar-refractivity contribution in [2.45, 2.75) is 0 Å². The molecule has 38 heavy (non-hydrogen) atoms. The van der Waals surface area contributed by atoms with Crippen molar-refractivity contribution < 1.29 is 0 Å². The van der Waals surface area contributed by atoms with Crippen molar-refractivity contribution in [3.8, 4) is 28.1 Å². The smallest absolute Gasteiger partial charge is 0.0971 e. The zero-order valence-corrected chi connectivity index (χ0v) is 21.3. The molecule has 8 rings (SSSR count). The number of rotatable bonds is 3. The van der Waals surface area contributed by atoms with Crippen LogP contribution in [0.5, 0.6) is 0 Å². The highest BCUT2D eigenvalue weighted by atomic mass is 32.1. The fourth-order valence-electron chi connectivity index (χ4n) is 5.67. The third kappa shape index (κ3) is 3.22. The Morgan fingerprint density at radius 2 is 1.26 bits per heavy atom. The number of fused-ring (bicyclic) bond motifs is 7. The molecule has 0 saturated carbocycles. The van der Waals surface area contributed by atoms with Crippen LogP contribution in [-0.2, 0) is 0 Å². The third-order valence-electron chi connectivity index (χ3n) is 7.39. The van der Waals surface area contributed by atoms with Crippen LogP contribution in [0.4, 0.5) is 0 Å². The Kier molecular flexibility index (Phi) is 4.73. The summed E-state index contributed by atoms with van der Waals surface area (Å²) in [5.41, 5.74) is 9.05. The maximum Gasteiger partial charge on any atom is 0.0971 e. The molecule has 8 aromatic rings. The van der Waals surface area contributed by atoms with Gasteiger partial charge in [0, 0.05) is 36.8 Å². The van der Waals surface area contributed by atoms with Crippen LogP contribution in [0.15, 0.2) is 133 Å². The Balaban J connectivity index is 1.51. The minimum Gasteiger partial charge on any atom is -0.307 e. The van der Waals surface area contributed by atoms with Gasteiger partial charge < -0.3 is 4.57 Å². The van der Waals surface area contributed by atoms with E-state index in [1.54, 1.807) is 0 Å². The van der Waals surface area contributed by atoms with E-state index >= 15 is 0 Å². The molecular formula is C35H22N2S. The van der Waals surface area contributed by atoms with Crippen molar-refractivity contribution in [2.75, 3.05) is 0 Å². The lowest BCUT2D eigenvalue weighted by Crippen LogP contribution is -1.95. The molecule has 2 nitrogen and oxygen atoms in total. The predicted octanol–water partition coefficient (Wildman–Crippen LogP) is 9.88. The van der Waals surface area contributed by atoms with Crippen LogP contribution in [0.1, 0.15) is 0 Å². The van der Waals surface area contributed by atoms with E-state index in [9.17, 15) is 0 Å². The molecule has 0 bridgehead atoms. The molecule has 0 aliphatic rings. The first kappa shape index (κ1) is 21.4. The maximum atomic E-state index is 5.25. The summed E-state index contributed by atoms with van der Waals surface area (Å²) in [7, 11) is 0. The van der Waals surface area contributed by atoms with Crippen molar-refractivity contribution in [2.24, 2.45) is 0 Å². The molecule has 0 amide bonds. The summed E-state index contributed by atoms with van der Waals surface area (Å²) < 4.78 is 5.02.